The van der Waals surface area contributed by atoms with E-state index in [1.807, 2.05) is 0 Å². The predicted octanol–water partition coefficient (Wildman–Crippen LogP) is 4.18. The molecule has 2 aliphatic rings. The first-order chi connectivity index (χ1) is 9.72. The molecule has 20 heavy (non-hydrogen) atoms. The van der Waals surface area contributed by atoms with Gasteiger partial charge in [0.2, 0.25) is 0 Å². The van der Waals surface area contributed by atoms with Crippen LogP contribution in [0, 0.1) is 0 Å². The van der Waals surface area contributed by atoms with Gasteiger partial charge >= 0.3 is 0 Å². The highest BCUT2D eigenvalue weighted by Gasteiger charge is 2.20. The minimum Gasteiger partial charge on any atom is -0.493 e. The standard InChI is InChI=1S/C17H21BrO2/c18-15-9-13-6-7-20-17(13)14(10-15)11-16(19)8-12-4-2-1-3-5-12/h4,9-10,16,19H,1-3,5-8,11H2. The fourth-order valence-electron chi connectivity index (χ4n) is 3.22. The minimum atomic E-state index is -0.304. The second-order valence-corrected chi connectivity index (χ2v) is 6.74. The van der Waals surface area contributed by atoms with Crippen molar-refractivity contribution < 1.29 is 9.84 Å². The van der Waals surface area contributed by atoms with Crippen LogP contribution in [-0.2, 0) is 12.8 Å². The molecule has 1 heterocycles. The van der Waals surface area contributed by atoms with Crippen molar-refractivity contribution in [2.75, 3.05) is 6.61 Å². The molecule has 108 valence electrons. The van der Waals surface area contributed by atoms with Gasteiger partial charge in [0.05, 0.1) is 12.7 Å². The summed E-state index contributed by atoms with van der Waals surface area (Å²) >= 11 is 3.56. The van der Waals surface area contributed by atoms with E-state index in [4.69, 9.17) is 4.74 Å². The van der Waals surface area contributed by atoms with Crippen LogP contribution in [0.15, 0.2) is 28.3 Å². The zero-order chi connectivity index (χ0) is 13.9. The molecule has 1 atom stereocenters. The van der Waals surface area contributed by atoms with E-state index in [-0.39, 0.29) is 6.10 Å². The average Bonchev–Trinajstić information content (AvgIpc) is 2.88. The largest absolute Gasteiger partial charge is 0.493 e. The van der Waals surface area contributed by atoms with Crippen molar-refractivity contribution >= 4 is 15.9 Å². The minimum absolute atomic E-state index is 0.304. The molecular weight excluding hydrogens is 316 g/mol. The second-order valence-electron chi connectivity index (χ2n) is 5.82. The number of rotatable bonds is 4. The van der Waals surface area contributed by atoms with Gasteiger partial charge in [-0.1, -0.05) is 27.6 Å². The first kappa shape index (κ1) is 14.2. The van der Waals surface area contributed by atoms with Crippen LogP contribution in [0.5, 0.6) is 5.75 Å². The topological polar surface area (TPSA) is 29.5 Å². The zero-order valence-electron chi connectivity index (χ0n) is 11.7. The van der Waals surface area contributed by atoms with Crippen molar-refractivity contribution in [1.29, 1.82) is 0 Å². The molecular formula is C17H21BrO2. The maximum atomic E-state index is 10.4. The lowest BCUT2D eigenvalue weighted by Crippen LogP contribution is -2.13. The third kappa shape index (κ3) is 3.26. The molecule has 2 nitrogen and oxygen atoms in total. The SMILES string of the molecule is OC(CC1=CCCCC1)Cc1cc(Br)cc2c1OCC2. The van der Waals surface area contributed by atoms with Crippen molar-refractivity contribution in [3.8, 4) is 5.75 Å². The molecule has 1 aliphatic heterocycles. The number of ether oxygens (including phenoxy) is 1. The third-order valence-corrected chi connectivity index (χ3v) is 4.62. The zero-order valence-corrected chi connectivity index (χ0v) is 13.3. The summed E-state index contributed by atoms with van der Waals surface area (Å²) in [5, 5.41) is 10.4. The fourth-order valence-corrected chi connectivity index (χ4v) is 3.77. The van der Waals surface area contributed by atoms with Crippen LogP contribution in [-0.4, -0.2) is 17.8 Å². The van der Waals surface area contributed by atoms with Crippen LogP contribution in [0.2, 0.25) is 0 Å². The first-order valence-electron chi connectivity index (χ1n) is 7.52. The highest BCUT2D eigenvalue weighted by atomic mass is 79.9. The molecule has 1 aliphatic carbocycles. The molecule has 1 unspecified atom stereocenters. The number of fused-ring (bicyclic) bond motifs is 1. The Bertz CT molecular complexity index is 522. The maximum absolute atomic E-state index is 10.4. The van der Waals surface area contributed by atoms with Gasteiger partial charge in [-0.15, -0.1) is 0 Å². The van der Waals surface area contributed by atoms with Crippen LogP contribution >= 0.6 is 15.9 Å². The monoisotopic (exact) mass is 336 g/mol. The number of benzene rings is 1. The lowest BCUT2D eigenvalue weighted by atomic mass is 9.92. The summed E-state index contributed by atoms with van der Waals surface area (Å²) in [7, 11) is 0. The maximum Gasteiger partial charge on any atom is 0.125 e. The number of hydrogen-bond donors (Lipinski definition) is 1. The van der Waals surface area contributed by atoms with Gasteiger partial charge in [-0.25, -0.2) is 0 Å². The van der Waals surface area contributed by atoms with Gasteiger partial charge in [0.1, 0.15) is 5.75 Å². The lowest BCUT2D eigenvalue weighted by Gasteiger charge is -2.18. The Morgan fingerprint density at radius 1 is 1.20 bits per heavy atom. The van der Waals surface area contributed by atoms with E-state index in [9.17, 15) is 5.11 Å². The summed E-state index contributed by atoms with van der Waals surface area (Å²) in [5.74, 6) is 1.00. The third-order valence-electron chi connectivity index (χ3n) is 4.16. The van der Waals surface area contributed by atoms with E-state index in [0.717, 1.165) is 41.7 Å². The normalized spacial score (nSPS) is 19.2. The molecule has 0 saturated carbocycles. The number of hydrogen-bond acceptors (Lipinski definition) is 2. The van der Waals surface area contributed by atoms with E-state index in [1.54, 1.807) is 0 Å². The van der Waals surface area contributed by atoms with Crippen molar-refractivity contribution in [2.45, 2.75) is 51.0 Å². The smallest absolute Gasteiger partial charge is 0.125 e. The van der Waals surface area contributed by atoms with Crippen LogP contribution in [0.4, 0.5) is 0 Å². The Kier molecular flexibility index (Phi) is 4.47. The van der Waals surface area contributed by atoms with Gasteiger partial charge < -0.3 is 9.84 Å². The van der Waals surface area contributed by atoms with E-state index in [1.165, 1.54) is 30.4 Å². The highest BCUT2D eigenvalue weighted by Crippen LogP contribution is 2.34. The van der Waals surface area contributed by atoms with Crippen molar-refractivity contribution in [3.63, 3.8) is 0 Å². The Hall–Kier alpha value is -0.800. The molecule has 0 saturated heterocycles. The average molecular weight is 337 g/mol. The van der Waals surface area contributed by atoms with E-state index >= 15 is 0 Å². The molecule has 0 aromatic heterocycles. The van der Waals surface area contributed by atoms with Crippen molar-refractivity contribution in [2.24, 2.45) is 0 Å². The molecule has 0 radical (unpaired) electrons. The first-order valence-corrected chi connectivity index (χ1v) is 8.32. The number of allylic oxidation sites excluding steroid dienone is 1. The molecule has 1 aromatic rings. The van der Waals surface area contributed by atoms with Gasteiger partial charge in [0, 0.05) is 17.3 Å². The van der Waals surface area contributed by atoms with Gasteiger partial charge in [0.15, 0.2) is 0 Å². The van der Waals surface area contributed by atoms with Crippen LogP contribution in [0.25, 0.3) is 0 Å². The molecule has 0 amide bonds. The van der Waals surface area contributed by atoms with Gasteiger partial charge in [-0.3, -0.25) is 0 Å². The lowest BCUT2D eigenvalue weighted by molar-refractivity contribution is 0.172. The Morgan fingerprint density at radius 3 is 2.90 bits per heavy atom. The summed E-state index contributed by atoms with van der Waals surface area (Å²) in [6, 6.07) is 4.21. The van der Waals surface area contributed by atoms with Crippen molar-refractivity contribution in [3.05, 3.63) is 39.4 Å². The van der Waals surface area contributed by atoms with Gasteiger partial charge in [-0.05, 0) is 55.4 Å². The van der Waals surface area contributed by atoms with E-state index in [0.29, 0.717) is 6.42 Å². The van der Waals surface area contributed by atoms with Gasteiger partial charge in [0.25, 0.3) is 0 Å². The summed E-state index contributed by atoms with van der Waals surface area (Å²) in [4.78, 5) is 0. The molecule has 1 N–H and O–H groups in total. The molecule has 0 spiro atoms. The molecule has 1 aromatic carbocycles. The molecule has 3 heteroatoms. The summed E-state index contributed by atoms with van der Waals surface area (Å²) < 4.78 is 6.81. The van der Waals surface area contributed by atoms with Crippen LogP contribution < -0.4 is 4.74 Å². The highest BCUT2D eigenvalue weighted by molar-refractivity contribution is 9.10. The summed E-state index contributed by atoms with van der Waals surface area (Å²) in [6.45, 7) is 0.764. The second kappa shape index (κ2) is 6.31. The van der Waals surface area contributed by atoms with Crippen LogP contribution in [0.3, 0.4) is 0 Å². The van der Waals surface area contributed by atoms with Crippen LogP contribution in [0.1, 0.15) is 43.2 Å². The molecule has 3 rings (SSSR count). The predicted molar refractivity (Wildman–Crippen MR) is 84.2 cm³/mol. The van der Waals surface area contributed by atoms with E-state index < -0.39 is 0 Å². The van der Waals surface area contributed by atoms with Crippen molar-refractivity contribution in [1.82, 2.24) is 0 Å². The van der Waals surface area contributed by atoms with E-state index in [2.05, 4.69) is 34.1 Å². The number of aliphatic hydroxyl groups is 1. The number of halogens is 1. The Balaban J connectivity index is 1.69. The molecule has 0 fully saturated rings. The summed E-state index contributed by atoms with van der Waals surface area (Å²) in [5.41, 5.74) is 3.82. The van der Waals surface area contributed by atoms with Gasteiger partial charge in [-0.2, -0.15) is 0 Å². The summed E-state index contributed by atoms with van der Waals surface area (Å²) in [6.07, 6.45) is 9.38. The fraction of sp³-hybridized carbons (Fsp3) is 0.529. The quantitative estimate of drug-likeness (QED) is 0.836. The Morgan fingerprint density at radius 2 is 2.10 bits per heavy atom. The molecule has 0 bridgehead atoms. The Labute approximate surface area is 129 Å². The number of aliphatic hydroxyl groups excluding tert-OH is 1.